The van der Waals surface area contributed by atoms with Crippen molar-refractivity contribution in [3.05, 3.63) is 29.8 Å². The van der Waals surface area contributed by atoms with E-state index in [2.05, 4.69) is 0 Å². The summed E-state index contributed by atoms with van der Waals surface area (Å²) < 4.78 is 4.72. The highest BCUT2D eigenvalue weighted by Crippen LogP contribution is 2.13. The van der Waals surface area contributed by atoms with E-state index in [1.165, 1.54) is 12.1 Å². The van der Waals surface area contributed by atoms with Crippen LogP contribution in [0.1, 0.15) is 12.5 Å². The lowest BCUT2D eigenvalue weighted by Crippen LogP contribution is -2.42. The summed E-state index contributed by atoms with van der Waals surface area (Å²) in [5, 5.41) is 18.3. The fraction of sp³-hybridized carbons (Fsp3) is 0.429. The number of phenolic OH excluding ortho intramolecular Hbond substituents is 1. The maximum absolute atomic E-state index is 12.0. The SMILES string of the molecule is CCOC(=O)[C@H](CO)C(=O)[C@@H](N)Cc1ccc(O)cc1. The smallest absolute Gasteiger partial charge is 0.318 e. The molecule has 0 unspecified atom stereocenters. The number of aliphatic hydroxyl groups is 1. The van der Waals surface area contributed by atoms with Gasteiger partial charge in [-0.15, -0.1) is 0 Å². The topological polar surface area (TPSA) is 110 Å². The van der Waals surface area contributed by atoms with Crippen LogP contribution in [0.4, 0.5) is 0 Å². The molecule has 0 amide bonds. The van der Waals surface area contributed by atoms with Crippen LogP contribution in [0, 0.1) is 5.92 Å². The molecule has 0 aliphatic rings. The van der Waals surface area contributed by atoms with Crippen LogP contribution >= 0.6 is 0 Å². The summed E-state index contributed by atoms with van der Waals surface area (Å²) in [6.45, 7) is 1.13. The molecule has 20 heavy (non-hydrogen) atoms. The van der Waals surface area contributed by atoms with Gasteiger partial charge in [-0.1, -0.05) is 12.1 Å². The highest BCUT2D eigenvalue weighted by atomic mass is 16.5. The predicted molar refractivity (Wildman–Crippen MR) is 72.0 cm³/mol. The molecule has 4 N–H and O–H groups in total. The standard InChI is InChI=1S/C14H19NO5/c1-2-20-14(19)11(8-16)13(18)12(15)7-9-3-5-10(17)6-4-9/h3-6,11-12,16-17H,2,7-8,15H2,1H3/t11-,12+/m1/s1. The fourth-order valence-corrected chi connectivity index (χ4v) is 1.77. The first-order valence-corrected chi connectivity index (χ1v) is 6.34. The highest BCUT2D eigenvalue weighted by Gasteiger charge is 2.31. The van der Waals surface area contributed by atoms with Crippen molar-refractivity contribution in [3.63, 3.8) is 0 Å². The van der Waals surface area contributed by atoms with Gasteiger partial charge >= 0.3 is 5.97 Å². The molecule has 110 valence electrons. The van der Waals surface area contributed by atoms with Crippen molar-refractivity contribution < 1.29 is 24.5 Å². The summed E-state index contributed by atoms with van der Waals surface area (Å²) in [4.78, 5) is 23.6. The molecule has 0 saturated heterocycles. The molecule has 0 aliphatic heterocycles. The zero-order valence-corrected chi connectivity index (χ0v) is 11.3. The number of carbonyl (C=O) groups is 2. The number of nitrogens with two attached hydrogens (primary N) is 1. The Hall–Kier alpha value is -1.92. The molecule has 6 nitrogen and oxygen atoms in total. The molecule has 0 radical (unpaired) electrons. The second kappa shape index (κ2) is 7.62. The van der Waals surface area contributed by atoms with Gasteiger partial charge in [-0.2, -0.15) is 0 Å². The number of aliphatic hydroxyl groups excluding tert-OH is 1. The first-order chi connectivity index (χ1) is 9.49. The maximum atomic E-state index is 12.0. The minimum atomic E-state index is -1.25. The molecule has 0 aromatic heterocycles. The molecule has 6 heteroatoms. The van der Waals surface area contributed by atoms with E-state index in [-0.39, 0.29) is 18.8 Å². The highest BCUT2D eigenvalue weighted by molar-refractivity contribution is 6.01. The minimum Gasteiger partial charge on any atom is -0.508 e. The molecule has 2 atom stereocenters. The number of benzene rings is 1. The molecule has 0 spiro atoms. The third-order valence-corrected chi connectivity index (χ3v) is 2.85. The third-order valence-electron chi connectivity index (χ3n) is 2.85. The molecule has 0 heterocycles. The van der Waals surface area contributed by atoms with E-state index in [9.17, 15) is 9.59 Å². The van der Waals surface area contributed by atoms with Crippen LogP contribution in [0.5, 0.6) is 5.75 Å². The summed E-state index contributed by atoms with van der Waals surface area (Å²) in [7, 11) is 0. The monoisotopic (exact) mass is 281 g/mol. The van der Waals surface area contributed by atoms with Crippen LogP contribution in [0.3, 0.4) is 0 Å². The number of ketones is 1. The van der Waals surface area contributed by atoms with Gasteiger partial charge in [0.2, 0.25) is 0 Å². The fourth-order valence-electron chi connectivity index (χ4n) is 1.77. The van der Waals surface area contributed by atoms with Gasteiger partial charge in [0.05, 0.1) is 19.3 Å². The molecule has 0 aliphatic carbocycles. The zero-order chi connectivity index (χ0) is 15.1. The van der Waals surface area contributed by atoms with Gasteiger partial charge in [0.25, 0.3) is 0 Å². The predicted octanol–water partition coefficient (Wildman–Crippen LogP) is 0.00270. The minimum absolute atomic E-state index is 0.119. The van der Waals surface area contributed by atoms with Crippen molar-refractivity contribution >= 4 is 11.8 Å². The van der Waals surface area contributed by atoms with Crippen LogP contribution in [-0.4, -0.2) is 41.2 Å². The van der Waals surface area contributed by atoms with Gasteiger partial charge in [-0.3, -0.25) is 9.59 Å². The van der Waals surface area contributed by atoms with Crippen molar-refractivity contribution in [2.24, 2.45) is 11.7 Å². The number of carbonyl (C=O) groups excluding carboxylic acids is 2. The molecule has 0 saturated carbocycles. The van der Waals surface area contributed by atoms with Gasteiger partial charge in [0, 0.05) is 0 Å². The lowest BCUT2D eigenvalue weighted by Gasteiger charge is -2.17. The number of esters is 1. The molecule has 1 aromatic rings. The Balaban J connectivity index is 2.69. The normalized spacial score (nSPS) is 13.6. The molecular weight excluding hydrogens is 262 g/mol. The van der Waals surface area contributed by atoms with Crippen molar-refractivity contribution in [1.82, 2.24) is 0 Å². The van der Waals surface area contributed by atoms with Crippen molar-refractivity contribution in [2.75, 3.05) is 13.2 Å². The van der Waals surface area contributed by atoms with E-state index in [1.807, 2.05) is 0 Å². The van der Waals surface area contributed by atoms with Crippen LogP contribution < -0.4 is 5.73 Å². The Bertz CT molecular complexity index is 457. The van der Waals surface area contributed by atoms with Crippen molar-refractivity contribution in [1.29, 1.82) is 0 Å². The van der Waals surface area contributed by atoms with E-state index < -0.39 is 30.3 Å². The van der Waals surface area contributed by atoms with Gasteiger partial charge in [-0.25, -0.2) is 0 Å². The number of phenols is 1. The second-order valence-corrected chi connectivity index (χ2v) is 4.37. The number of rotatable bonds is 7. The van der Waals surface area contributed by atoms with Crippen LogP contribution in [-0.2, 0) is 20.7 Å². The summed E-state index contributed by atoms with van der Waals surface area (Å²) >= 11 is 0. The summed E-state index contributed by atoms with van der Waals surface area (Å²) in [5.74, 6) is -2.45. The molecule has 1 rings (SSSR count). The Kier molecular flexibility index (Phi) is 6.14. The van der Waals surface area contributed by atoms with Crippen LogP contribution in [0.2, 0.25) is 0 Å². The average molecular weight is 281 g/mol. The van der Waals surface area contributed by atoms with E-state index in [1.54, 1.807) is 19.1 Å². The summed E-state index contributed by atoms with van der Waals surface area (Å²) in [5.41, 5.74) is 6.52. The molecule has 0 bridgehead atoms. The Labute approximate surface area is 117 Å². The van der Waals surface area contributed by atoms with Gasteiger partial charge in [0.1, 0.15) is 11.7 Å². The number of ether oxygens (including phenoxy) is 1. The quantitative estimate of drug-likeness (QED) is 0.479. The number of aromatic hydroxyl groups is 1. The van der Waals surface area contributed by atoms with Gasteiger partial charge < -0.3 is 20.7 Å². The van der Waals surface area contributed by atoms with Crippen molar-refractivity contribution in [3.8, 4) is 5.75 Å². The van der Waals surface area contributed by atoms with E-state index in [4.69, 9.17) is 20.7 Å². The van der Waals surface area contributed by atoms with Gasteiger partial charge in [-0.05, 0) is 31.0 Å². The Morgan fingerprint density at radius 1 is 1.30 bits per heavy atom. The maximum Gasteiger partial charge on any atom is 0.318 e. The number of hydrogen-bond acceptors (Lipinski definition) is 6. The van der Waals surface area contributed by atoms with E-state index in [0.717, 1.165) is 5.56 Å². The second-order valence-electron chi connectivity index (χ2n) is 4.37. The van der Waals surface area contributed by atoms with Crippen LogP contribution in [0.25, 0.3) is 0 Å². The summed E-state index contributed by atoms with van der Waals surface area (Å²) in [6.07, 6.45) is 0.217. The molecular formula is C14H19NO5. The zero-order valence-electron chi connectivity index (χ0n) is 11.3. The third kappa shape index (κ3) is 4.32. The van der Waals surface area contributed by atoms with Gasteiger partial charge in [0.15, 0.2) is 5.78 Å². The Morgan fingerprint density at radius 2 is 1.90 bits per heavy atom. The molecule has 0 fully saturated rings. The first kappa shape index (κ1) is 16.1. The van der Waals surface area contributed by atoms with E-state index in [0.29, 0.717) is 0 Å². The lowest BCUT2D eigenvalue weighted by molar-refractivity contribution is -0.153. The largest absolute Gasteiger partial charge is 0.508 e. The average Bonchev–Trinajstić information content (AvgIpc) is 2.42. The summed E-state index contributed by atoms with van der Waals surface area (Å²) in [6, 6.07) is 5.34. The Morgan fingerprint density at radius 3 is 2.40 bits per heavy atom. The number of Topliss-reactive ketones (excluding diaryl/α,β-unsaturated/α-hetero) is 1. The molecule has 1 aromatic carbocycles. The lowest BCUT2D eigenvalue weighted by atomic mass is 9.94. The van der Waals surface area contributed by atoms with Crippen molar-refractivity contribution in [2.45, 2.75) is 19.4 Å². The van der Waals surface area contributed by atoms with Crippen LogP contribution in [0.15, 0.2) is 24.3 Å². The number of hydrogen-bond donors (Lipinski definition) is 3. The van der Waals surface area contributed by atoms with E-state index >= 15 is 0 Å². The first-order valence-electron chi connectivity index (χ1n) is 6.34.